The zero-order valence-corrected chi connectivity index (χ0v) is 16.1. The Labute approximate surface area is 165 Å². The van der Waals surface area contributed by atoms with E-state index < -0.39 is 17.7 Å². The summed E-state index contributed by atoms with van der Waals surface area (Å²) in [6.45, 7) is 0.201. The largest absolute Gasteiger partial charge is 0.481 e. The van der Waals surface area contributed by atoms with E-state index in [1.807, 2.05) is 0 Å². The Morgan fingerprint density at radius 3 is 2.70 bits per heavy atom. The van der Waals surface area contributed by atoms with Crippen LogP contribution >= 0.6 is 24.0 Å². The number of hydrogen-bond donors (Lipinski definition) is 2. The molecular formula is C18H19FN2O4S2. The van der Waals surface area contributed by atoms with Crippen molar-refractivity contribution in [3.8, 4) is 0 Å². The van der Waals surface area contributed by atoms with Gasteiger partial charge in [-0.2, -0.15) is 0 Å². The van der Waals surface area contributed by atoms with Crippen LogP contribution in [0.15, 0.2) is 29.2 Å². The molecule has 1 heterocycles. The van der Waals surface area contributed by atoms with E-state index in [9.17, 15) is 18.8 Å². The minimum Gasteiger partial charge on any atom is -0.481 e. The maximum atomic E-state index is 13.7. The number of nitrogens with zero attached hydrogens (tertiary/aromatic N) is 1. The summed E-state index contributed by atoms with van der Waals surface area (Å²) in [5, 5.41) is 11.2. The first kappa shape index (κ1) is 21.0. The predicted octanol–water partition coefficient (Wildman–Crippen LogP) is 2.79. The van der Waals surface area contributed by atoms with Gasteiger partial charge in [0.05, 0.1) is 4.91 Å². The fraction of sp³-hybridized carbons (Fsp3) is 0.333. The third kappa shape index (κ3) is 6.44. The molecule has 1 aliphatic rings. The van der Waals surface area contributed by atoms with E-state index in [2.05, 4.69) is 5.32 Å². The van der Waals surface area contributed by atoms with Gasteiger partial charge >= 0.3 is 5.97 Å². The number of nitrogens with one attached hydrogen (secondary N) is 1. The molecule has 0 aliphatic carbocycles. The summed E-state index contributed by atoms with van der Waals surface area (Å²) < 4.78 is 14.0. The Bertz CT molecular complexity index is 782. The number of rotatable bonds is 9. The first-order valence-corrected chi connectivity index (χ1v) is 9.59. The highest BCUT2D eigenvalue weighted by molar-refractivity contribution is 8.26. The molecule has 2 rings (SSSR count). The molecule has 0 saturated carbocycles. The van der Waals surface area contributed by atoms with Gasteiger partial charge < -0.3 is 10.4 Å². The molecule has 0 atom stereocenters. The molecule has 1 aromatic carbocycles. The molecule has 0 radical (unpaired) electrons. The number of aliphatic carboxylic acids is 1. The van der Waals surface area contributed by atoms with Gasteiger partial charge in [0.25, 0.3) is 5.91 Å². The lowest BCUT2D eigenvalue weighted by atomic mass is 10.2. The van der Waals surface area contributed by atoms with Gasteiger partial charge in [-0.25, -0.2) is 4.39 Å². The number of halogens is 1. The molecule has 27 heavy (non-hydrogen) atoms. The number of thiocarbonyl (C=S) groups is 1. The lowest BCUT2D eigenvalue weighted by molar-refractivity contribution is -0.137. The zero-order chi connectivity index (χ0) is 19.8. The van der Waals surface area contributed by atoms with E-state index >= 15 is 0 Å². The van der Waals surface area contributed by atoms with Crippen LogP contribution in [0.5, 0.6) is 0 Å². The molecule has 1 fully saturated rings. The van der Waals surface area contributed by atoms with Gasteiger partial charge in [-0.05, 0) is 25.0 Å². The van der Waals surface area contributed by atoms with E-state index in [1.165, 1.54) is 17.0 Å². The van der Waals surface area contributed by atoms with E-state index in [0.717, 1.165) is 11.8 Å². The highest BCUT2D eigenvalue weighted by Crippen LogP contribution is 2.32. The number of thioether (sulfide) groups is 1. The SMILES string of the molecule is O=C(O)CCCCCNC(=O)CN1C(=O)/C(=C/c2ccccc2F)SC1=S. The van der Waals surface area contributed by atoms with Crippen molar-refractivity contribution >= 4 is 52.2 Å². The molecule has 2 amide bonds. The van der Waals surface area contributed by atoms with Crippen molar-refractivity contribution in [1.82, 2.24) is 10.2 Å². The second-order valence-electron chi connectivity index (χ2n) is 5.84. The van der Waals surface area contributed by atoms with Crippen LogP contribution in [0.4, 0.5) is 4.39 Å². The summed E-state index contributed by atoms with van der Waals surface area (Å²) in [5.41, 5.74) is 0.281. The number of benzene rings is 1. The molecule has 0 bridgehead atoms. The Hall–Kier alpha value is -2.26. The summed E-state index contributed by atoms with van der Waals surface area (Å²) in [5.74, 6) is -2.05. The molecule has 144 valence electrons. The average Bonchev–Trinajstić information content (AvgIpc) is 2.87. The van der Waals surface area contributed by atoms with E-state index in [-0.39, 0.29) is 33.7 Å². The van der Waals surface area contributed by atoms with Crippen LogP contribution in [0.1, 0.15) is 31.2 Å². The van der Waals surface area contributed by atoms with Crippen LogP contribution < -0.4 is 5.32 Å². The molecule has 9 heteroatoms. The summed E-state index contributed by atoms with van der Waals surface area (Å²) >= 11 is 6.19. The Balaban J connectivity index is 1.84. The quantitative estimate of drug-likeness (QED) is 0.370. The van der Waals surface area contributed by atoms with Crippen LogP contribution in [0, 0.1) is 5.82 Å². The summed E-state index contributed by atoms with van der Waals surface area (Å²) in [7, 11) is 0. The van der Waals surface area contributed by atoms with Gasteiger partial charge in [0, 0.05) is 18.5 Å². The van der Waals surface area contributed by atoms with Gasteiger partial charge in [-0.3, -0.25) is 19.3 Å². The van der Waals surface area contributed by atoms with Crippen molar-refractivity contribution in [3.05, 3.63) is 40.6 Å². The van der Waals surface area contributed by atoms with E-state index in [0.29, 0.717) is 25.8 Å². The maximum Gasteiger partial charge on any atom is 0.303 e. The van der Waals surface area contributed by atoms with Crippen molar-refractivity contribution in [2.45, 2.75) is 25.7 Å². The smallest absolute Gasteiger partial charge is 0.303 e. The minimum atomic E-state index is -0.836. The minimum absolute atomic E-state index is 0.110. The first-order valence-electron chi connectivity index (χ1n) is 8.37. The van der Waals surface area contributed by atoms with Crippen molar-refractivity contribution < 1.29 is 23.9 Å². The van der Waals surface area contributed by atoms with Crippen LogP contribution in [-0.2, 0) is 14.4 Å². The molecule has 0 unspecified atom stereocenters. The number of carboxylic acid groups (broad SMARTS) is 1. The zero-order valence-electron chi connectivity index (χ0n) is 14.4. The van der Waals surface area contributed by atoms with Crippen molar-refractivity contribution in [1.29, 1.82) is 0 Å². The monoisotopic (exact) mass is 410 g/mol. The Morgan fingerprint density at radius 1 is 1.26 bits per heavy atom. The number of carbonyl (C=O) groups excluding carboxylic acids is 2. The van der Waals surface area contributed by atoms with E-state index in [4.69, 9.17) is 17.3 Å². The topological polar surface area (TPSA) is 86.7 Å². The van der Waals surface area contributed by atoms with Crippen molar-refractivity contribution in [2.24, 2.45) is 0 Å². The molecule has 1 saturated heterocycles. The Morgan fingerprint density at radius 2 is 2.00 bits per heavy atom. The lowest BCUT2D eigenvalue weighted by Gasteiger charge is -2.14. The first-order chi connectivity index (χ1) is 12.9. The fourth-order valence-electron chi connectivity index (χ4n) is 2.38. The highest BCUT2D eigenvalue weighted by atomic mass is 32.2. The third-order valence-corrected chi connectivity index (χ3v) is 5.13. The molecular weight excluding hydrogens is 391 g/mol. The summed E-state index contributed by atoms with van der Waals surface area (Å²) in [6, 6.07) is 6.08. The van der Waals surface area contributed by atoms with Crippen molar-refractivity contribution in [2.75, 3.05) is 13.1 Å². The van der Waals surface area contributed by atoms with Crippen LogP contribution in [0.25, 0.3) is 6.08 Å². The molecule has 1 aromatic rings. The normalized spacial score (nSPS) is 15.4. The Kier molecular flexibility index (Phi) is 7.93. The standard InChI is InChI=1S/C18H19FN2O4S2/c19-13-7-4-3-6-12(13)10-14-17(25)21(18(26)27-14)11-15(22)20-9-5-1-2-8-16(23)24/h3-4,6-7,10H,1-2,5,8-9,11H2,(H,20,22)(H,23,24)/b14-10-. The number of carbonyl (C=O) groups is 3. The maximum absolute atomic E-state index is 13.7. The van der Waals surface area contributed by atoms with Crippen molar-refractivity contribution in [3.63, 3.8) is 0 Å². The number of hydrogen-bond acceptors (Lipinski definition) is 5. The second-order valence-corrected chi connectivity index (χ2v) is 7.52. The molecule has 2 N–H and O–H groups in total. The van der Waals surface area contributed by atoms with Gasteiger partial charge in [0.1, 0.15) is 16.7 Å². The lowest BCUT2D eigenvalue weighted by Crippen LogP contribution is -2.39. The summed E-state index contributed by atoms with van der Waals surface area (Å²) in [6.07, 6.45) is 3.44. The second kappa shape index (κ2) is 10.2. The van der Waals surface area contributed by atoms with Gasteiger partial charge in [-0.15, -0.1) is 0 Å². The van der Waals surface area contributed by atoms with Gasteiger partial charge in [-0.1, -0.05) is 48.6 Å². The van der Waals surface area contributed by atoms with Crippen LogP contribution in [0.2, 0.25) is 0 Å². The highest BCUT2D eigenvalue weighted by Gasteiger charge is 2.33. The predicted molar refractivity (Wildman–Crippen MR) is 105 cm³/mol. The molecule has 0 spiro atoms. The summed E-state index contributed by atoms with van der Waals surface area (Å²) in [4.78, 5) is 36.3. The third-order valence-electron chi connectivity index (χ3n) is 3.76. The molecule has 6 nitrogen and oxygen atoms in total. The average molecular weight is 410 g/mol. The van der Waals surface area contributed by atoms with Gasteiger partial charge in [0.2, 0.25) is 5.91 Å². The molecule has 0 aromatic heterocycles. The van der Waals surface area contributed by atoms with E-state index in [1.54, 1.807) is 18.2 Å². The van der Waals surface area contributed by atoms with Crippen LogP contribution in [0.3, 0.4) is 0 Å². The molecule has 1 aliphatic heterocycles. The van der Waals surface area contributed by atoms with Gasteiger partial charge in [0.15, 0.2) is 0 Å². The fourth-order valence-corrected chi connectivity index (χ4v) is 3.62. The number of amides is 2. The number of unbranched alkanes of at least 4 members (excludes halogenated alkanes) is 2. The number of carboxylic acids is 1. The van der Waals surface area contributed by atoms with Crippen LogP contribution in [-0.4, -0.2) is 45.2 Å².